The smallest absolute Gasteiger partial charge is 0.317 e. The van der Waals surface area contributed by atoms with Crippen molar-refractivity contribution in [2.45, 2.75) is 19.9 Å². The number of aryl methyl sites for hydroxylation is 1. The minimum Gasteiger partial charge on any atom is -0.480 e. The summed E-state index contributed by atoms with van der Waals surface area (Å²) in [7, 11) is 0. The van der Waals surface area contributed by atoms with Gasteiger partial charge in [0.05, 0.1) is 19.3 Å². The van der Waals surface area contributed by atoms with E-state index in [0.29, 0.717) is 37.8 Å². The molecule has 116 valence electrons. The molecule has 0 unspecified atom stereocenters. The maximum Gasteiger partial charge on any atom is 0.317 e. The summed E-state index contributed by atoms with van der Waals surface area (Å²) in [6.45, 7) is 4.46. The van der Waals surface area contributed by atoms with Crippen LogP contribution < -0.4 is 5.32 Å². The zero-order chi connectivity index (χ0) is 15.2. The van der Waals surface area contributed by atoms with Crippen LogP contribution in [-0.4, -0.2) is 64.6 Å². The summed E-state index contributed by atoms with van der Waals surface area (Å²) in [5.41, 5.74) is 0. The maximum atomic E-state index is 12.1. The largest absolute Gasteiger partial charge is 0.480 e. The Kier molecular flexibility index (Phi) is 5.15. The highest BCUT2D eigenvalue weighted by atomic mass is 16.4. The van der Waals surface area contributed by atoms with E-state index in [2.05, 4.69) is 10.3 Å². The van der Waals surface area contributed by atoms with Crippen LogP contribution in [0.4, 0.5) is 4.79 Å². The van der Waals surface area contributed by atoms with Gasteiger partial charge in [0.15, 0.2) is 0 Å². The third-order valence-electron chi connectivity index (χ3n) is 3.29. The standard InChI is InChI=1S/C13H20N4O4/c1-10-7-14-11(21-10)8-15-13(20)17-4-2-3-16(5-6-17)9-12(18)19/h7H,2-6,8-9H2,1H3,(H,15,20)(H,18,19). The lowest BCUT2D eigenvalue weighted by Crippen LogP contribution is -2.42. The fourth-order valence-electron chi connectivity index (χ4n) is 2.27. The minimum absolute atomic E-state index is 0.0189. The number of carbonyl (C=O) groups excluding carboxylic acids is 1. The maximum absolute atomic E-state index is 12.1. The summed E-state index contributed by atoms with van der Waals surface area (Å²) < 4.78 is 5.29. The van der Waals surface area contributed by atoms with Crippen LogP contribution in [0.25, 0.3) is 0 Å². The molecule has 0 aliphatic carbocycles. The van der Waals surface area contributed by atoms with Crippen molar-refractivity contribution in [3.05, 3.63) is 17.8 Å². The molecule has 1 aromatic rings. The Balaban J connectivity index is 1.78. The first-order chi connectivity index (χ1) is 10.0. The molecule has 8 nitrogen and oxygen atoms in total. The molecule has 2 heterocycles. The predicted octanol–water partition coefficient (Wildman–Crippen LogP) is 0.285. The fourth-order valence-corrected chi connectivity index (χ4v) is 2.27. The van der Waals surface area contributed by atoms with Crippen LogP contribution in [0.3, 0.4) is 0 Å². The van der Waals surface area contributed by atoms with Crippen molar-refractivity contribution in [1.29, 1.82) is 0 Å². The highest BCUT2D eigenvalue weighted by Crippen LogP contribution is 2.05. The number of nitrogens with zero attached hydrogens (tertiary/aromatic N) is 3. The molecule has 8 heteroatoms. The van der Waals surface area contributed by atoms with E-state index in [1.54, 1.807) is 18.0 Å². The molecule has 0 saturated carbocycles. The number of urea groups is 1. The van der Waals surface area contributed by atoms with Crippen molar-refractivity contribution in [1.82, 2.24) is 20.1 Å². The zero-order valence-corrected chi connectivity index (χ0v) is 12.0. The van der Waals surface area contributed by atoms with Crippen molar-refractivity contribution >= 4 is 12.0 Å². The van der Waals surface area contributed by atoms with Gasteiger partial charge in [-0.15, -0.1) is 0 Å². The lowest BCUT2D eigenvalue weighted by Gasteiger charge is -2.21. The Hall–Kier alpha value is -2.09. The number of carbonyl (C=O) groups is 2. The van der Waals surface area contributed by atoms with E-state index in [0.717, 1.165) is 6.42 Å². The van der Waals surface area contributed by atoms with Gasteiger partial charge in [0.25, 0.3) is 0 Å². The van der Waals surface area contributed by atoms with Crippen LogP contribution in [0, 0.1) is 6.92 Å². The Morgan fingerprint density at radius 3 is 2.86 bits per heavy atom. The molecule has 1 aliphatic heterocycles. The second kappa shape index (κ2) is 7.07. The highest BCUT2D eigenvalue weighted by Gasteiger charge is 2.20. The molecule has 1 aromatic heterocycles. The quantitative estimate of drug-likeness (QED) is 0.828. The monoisotopic (exact) mass is 296 g/mol. The van der Waals surface area contributed by atoms with Crippen molar-refractivity contribution < 1.29 is 19.1 Å². The average molecular weight is 296 g/mol. The van der Waals surface area contributed by atoms with E-state index >= 15 is 0 Å². The van der Waals surface area contributed by atoms with E-state index < -0.39 is 5.97 Å². The van der Waals surface area contributed by atoms with Crippen LogP contribution in [0.1, 0.15) is 18.1 Å². The first-order valence-corrected chi connectivity index (χ1v) is 6.93. The number of hydrogen-bond acceptors (Lipinski definition) is 5. The number of aliphatic carboxylic acids is 1. The summed E-state index contributed by atoms with van der Waals surface area (Å²) in [4.78, 5) is 30.3. The molecule has 2 amide bonds. The lowest BCUT2D eigenvalue weighted by atomic mass is 10.4. The molecule has 1 saturated heterocycles. The summed E-state index contributed by atoms with van der Waals surface area (Å²) in [6.07, 6.45) is 2.37. The molecule has 2 rings (SSSR count). The molecular weight excluding hydrogens is 276 g/mol. The van der Waals surface area contributed by atoms with E-state index in [-0.39, 0.29) is 19.1 Å². The lowest BCUT2D eigenvalue weighted by molar-refractivity contribution is -0.138. The summed E-state index contributed by atoms with van der Waals surface area (Å²) in [5, 5.41) is 11.6. The van der Waals surface area contributed by atoms with Crippen LogP contribution >= 0.6 is 0 Å². The molecule has 2 N–H and O–H groups in total. The van der Waals surface area contributed by atoms with E-state index in [4.69, 9.17) is 9.52 Å². The Bertz CT molecular complexity index is 502. The number of amides is 2. The first kappa shape index (κ1) is 15.3. The Labute approximate surface area is 122 Å². The summed E-state index contributed by atoms with van der Waals surface area (Å²) >= 11 is 0. The zero-order valence-electron chi connectivity index (χ0n) is 12.0. The van der Waals surface area contributed by atoms with E-state index in [9.17, 15) is 9.59 Å². The molecule has 0 bridgehead atoms. The van der Waals surface area contributed by atoms with Crippen molar-refractivity contribution in [2.75, 3.05) is 32.7 Å². The number of carboxylic acids is 1. The van der Waals surface area contributed by atoms with Gasteiger partial charge in [-0.05, 0) is 13.3 Å². The van der Waals surface area contributed by atoms with Gasteiger partial charge >= 0.3 is 12.0 Å². The predicted molar refractivity (Wildman–Crippen MR) is 73.7 cm³/mol. The SMILES string of the molecule is Cc1cnc(CNC(=O)N2CCCN(CC(=O)O)CC2)o1. The van der Waals surface area contributed by atoms with Crippen molar-refractivity contribution in [3.63, 3.8) is 0 Å². The number of hydrogen-bond donors (Lipinski definition) is 2. The van der Waals surface area contributed by atoms with Gasteiger partial charge in [-0.1, -0.05) is 0 Å². The average Bonchev–Trinajstić information content (AvgIpc) is 2.70. The molecule has 0 radical (unpaired) electrons. The normalized spacial score (nSPS) is 16.5. The fraction of sp³-hybridized carbons (Fsp3) is 0.615. The highest BCUT2D eigenvalue weighted by molar-refractivity contribution is 5.74. The third-order valence-corrected chi connectivity index (χ3v) is 3.29. The molecular formula is C13H20N4O4. The van der Waals surface area contributed by atoms with Gasteiger partial charge in [-0.25, -0.2) is 9.78 Å². The van der Waals surface area contributed by atoms with Gasteiger partial charge in [0.2, 0.25) is 5.89 Å². The number of aromatic nitrogens is 1. The summed E-state index contributed by atoms with van der Waals surface area (Å²) in [6, 6.07) is -0.178. The molecule has 0 spiro atoms. The molecule has 21 heavy (non-hydrogen) atoms. The van der Waals surface area contributed by atoms with E-state index in [1.165, 1.54) is 0 Å². The van der Waals surface area contributed by atoms with Crippen LogP contribution in [0.15, 0.2) is 10.6 Å². The van der Waals surface area contributed by atoms with Crippen LogP contribution in [0.5, 0.6) is 0 Å². The van der Waals surface area contributed by atoms with Crippen molar-refractivity contribution in [2.24, 2.45) is 0 Å². The second-order valence-electron chi connectivity index (χ2n) is 5.03. The third kappa shape index (κ3) is 4.75. The van der Waals surface area contributed by atoms with E-state index in [1.807, 2.05) is 4.90 Å². The number of carboxylic acid groups (broad SMARTS) is 1. The summed E-state index contributed by atoms with van der Waals surface area (Å²) in [5.74, 6) is 0.341. The van der Waals surface area contributed by atoms with Gasteiger partial charge in [0, 0.05) is 26.2 Å². The van der Waals surface area contributed by atoms with Crippen LogP contribution in [0.2, 0.25) is 0 Å². The number of rotatable bonds is 4. The number of oxazole rings is 1. The first-order valence-electron chi connectivity index (χ1n) is 6.93. The Morgan fingerprint density at radius 1 is 1.38 bits per heavy atom. The molecule has 1 aliphatic rings. The number of nitrogens with one attached hydrogen (secondary N) is 1. The van der Waals surface area contributed by atoms with Crippen molar-refractivity contribution in [3.8, 4) is 0 Å². The molecule has 1 fully saturated rings. The minimum atomic E-state index is -0.841. The topological polar surface area (TPSA) is 98.9 Å². The van der Waals surface area contributed by atoms with Gasteiger partial charge in [-0.3, -0.25) is 9.69 Å². The van der Waals surface area contributed by atoms with Gasteiger partial charge in [-0.2, -0.15) is 0 Å². The van der Waals surface area contributed by atoms with Gasteiger partial charge < -0.3 is 19.7 Å². The van der Waals surface area contributed by atoms with Crippen LogP contribution in [-0.2, 0) is 11.3 Å². The second-order valence-corrected chi connectivity index (χ2v) is 5.03. The Morgan fingerprint density at radius 2 is 2.19 bits per heavy atom. The van der Waals surface area contributed by atoms with Gasteiger partial charge in [0.1, 0.15) is 5.76 Å². The molecule has 0 atom stereocenters. The molecule has 0 aromatic carbocycles.